The highest BCUT2D eigenvalue weighted by atomic mass is 16.5. The van der Waals surface area contributed by atoms with Crippen molar-refractivity contribution in [2.45, 2.75) is 51.7 Å². The van der Waals surface area contributed by atoms with Crippen molar-refractivity contribution in [2.24, 2.45) is 0 Å². The summed E-state index contributed by atoms with van der Waals surface area (Å²) >= 11 is 0. The van der Waals surface area contributed by atoms with Gasteiger partial charge in [0.15, 0.2) is 0 Å². The van der Waals surface area contributed by atoms with Gasteiger partial charge in [0.2, 0.25) is 5.91 Å². The van der Waals surface area contributed by atoms with Crippen LogP contribution in [0.1, 0.15) is 37.8 Å². The first-order valence-corrected chi connectivity index (χ1v) is 7.58. The minimum absolute atomic E-state index is 0.0216. The zero-order chi connectivity index (χ0) is 15.1. The Bertz CT molecular complexity index is 521. The van der Waals surface area contributed by atoms with Gasteiger partial charge in [-0.1, -0.05) is 0 Å². The van der Waals surface area contributed by atoms with E-state index in [1.807, 2.05) is 0 Å². The zero-order valence-corrected chi connectivity index (χ0v) is 12.5. The molecule has 2 rings (SSSR count). The van der Waals surface area contributed by atoms with Crippen molar-refractivity contribution in [2.75, 3.05) is 13.2 Å². The molecule has 21 heavy (non-hydrogen) atoms. The van der Waals surface area contributed by atoms with E-state index in [0.717, 1.165) is 38.0 Å². The Morgan fingerprint density at radius 3 is 3.10 bits per heavy atom. The van der Waals surface area contributed by atoms with Crippen molar-refractivity contribution in [1.29, 1.82) is 0 Å². The Kier molecular flexibility index (Phi) is 5.92. The minimum Gasteiger partial charge on any atom is -0.378 e. The van der Waals surface area contributed by atoms with Gasteiger partial charge in [-0.3, -0.25) is 9.59 Å². The fourth-order valence-corrected chi connectivity index (χ4v) is 2.45. The number of aryl methyl sites for hydroxylation is 1. The summed E-state index contributed by atoms with van der Waals surface area (Å²) in [5.41, 5.74) is 0.466. The van der Waals surface area contributed by atoms with Crippen LogP contribution >= 0.6 is 0 Å². The van der Waals surface area contributed by atoms with Crippen molar-refractivity contribution in [3.63, 3.8) is 0 Å². The lowest BCUT2D eigenvalue weighted by atomic mass is 10.1. The molecule has 0 spiro atoms. The minimum atomic E-state index is -0.255. The third kappa shape index (κ3) is 5.30. The molecule has 6 nitrogen and oxygen atoms in total. The summed E-state index contributed by atoms with van der Waals surface area (Å²) in [4.78, 5) is 23.3. The number of rotatable bonds is 7. The standard InChI is InChI=1S/C15H23N3O3/c1-12-7-8-15(20)18(17-12)11-14(19)16-9-3-2-5-13-6-4-10-21-13/h7-8,13H,2-6,9-11H2,1H3,(H,16,19)/t13-/m0/s1. The molecule has 0 saturated carbocycles. The summed E-state index contributed by atoms with van der Waals surface area (Å²) in [6.45, 7) is 3.29. The second kappa shape index (κ2) is 7.93. The highest BCUT2D eigenvalue weighted by Gasteiger charge is 2.14. The van der Waals surface area contributed by atoms with E-state index >= 15 is 0 Å². The van der Waals surface area contributed by atoms with Crippen LogP contribution in [0.25, 0.3) is 0 Å². The van der Waals surface area contributed by atoms with Gasteiger partial charge in [-0.15, -0.1) is 0 Å². The van der Waals surface area contributed by atoms with Crippen molar-refractivity contribution in [3.05, 3.63) is 28.2 Å². The van der Waals surface area contributed by atoms with Crippen LogP contribution in [0.3, 0.4) is 0 Å². The number of aromatic nitrogens is 2. The van der Waals surface area contributed by atoms with Crippen molar-refractivity contribution >= 4 is 5.91 Å². The van der Waals surface area contributed by atoms with E-state index in [-0.39, 0.29) is 18.0 Å². The third-order valence-electron chi connectivity index (χ3n) is 3.59. The molecule has 1 aliphatic rings. The van der Waals surface area contributed by atoms with Gasteiger partial charge in [0.05, 0.1) is 11.8 Å². The maximum atomic E-state index is 11.8. The molecule has 2 heterocycles. The number of carbonyl (C=O) groups is 1. The van der Waals surface area contributed by atoms with Crippen LogP contribution in [0.15, 0.2) is 16.9 Å². The van der Waals surface area contributed by atoms with Crippen LogP contribution < -0.4 is 10.9 Å². The van der Waals surface area contributed by atoms with E-state index in [1.165, 1.54) is 17.2 Å². The number of ether oxygens (including phenoxy) is 1. The van der Waals surface area contributed by atoms with E-state index in [4.69, 9.17) is 4.74 Å². The van der Waals surface area contributed by atoms with Gasteiger partial charge in [-0.25, -0.2) is 4.68 Å². The maximum absolute atomic E-state index is 11.8. The molecule has 1 amide bonds. The molecular formula is C15H23N3O3. The van der Waals surface area contributed by atoms with Crippen LogP contribution in [0.2, 0.25) is 0 Å². The summed E-state index contributed by atoms with van der Waals surface area (Å²) < 4.78 is 6.74. The van der Waals surface area contributed by atoms with Crippen molar-refractivity contribution in [1.82, 2.24) is 15.1 Å². The molecule has 0 bridgehead atoms. The lowest BCUT2D eigenvalue weighted by molar-refractivity contribution is -0.121. The Morgan fingerprint density at radius 1 is 1.48 bits per heavy atom. The van der Waals surface area contributed by atoms with Crippen LogP contribution in [0, 0.1) is 6.92 Å². The normalized spacial score (nSPS) is 17.9. The molecule has 1 aliphatic heterocycles. The average Bonchev–Trinajstić information content (AvgIpc) is 2.96. The van der Waals surface area contributed by atoms with E-state index in [1.54, 1.807) is 13.0 Å². The van der Waals surface area contributed by atoms with Gasteiger partial charge >= 0.3 is 0 Å². The number of nitrogens with zero attached hydrogens (tertiary/aromatic N) is 2. The second-order valence-electron chi connectivity index (χ2n) is 5.45. The van der Waals surface area contributed by atoms with Crippen LogP contribution in [-0.4, -0.2) is 34.9 Å². The smallest absolute Gasteiger partial charge is 0.267 e. The molecule has 116 valence electrons. The van der Waals surface area contributed by atoms with Gasteiger partial charge < -0.3 is 10.1 Å². The maximum Gasteiger partial charge on any atom is 0.267 e. The van der Waals surface area contributed by atoms with E-state index < -0.39 is 0 Å². The number of hydrogen-bond acceptors (Lipinski definition) is 4. The molecule has 0 unspecified atom stereocenters. The lowest BCUT2D eigenvalue weighted by Gasteiger charge is -2.09. The Hall–Kier alpha value is -1.69. The molecular weight excluding hydrogens is 270 g/mol. The SMILES string of the molecule is Cc1ccc(=O)n(CC(=O)NCCCC[C@H]2CCCO2)n1. The molecule has 1 atom stereocenters. The number of hydrogen-bond donors (Lipinski definition) is 1. The van der Waals surface area contributed by atoms with E-state index in [9.17, 15) is 9.59 Å². The van der Waals surface area contributed by atoms with Crippen LogP contribution in [0.4, 0.5) is 0 Å². The summed E-state index contributed by atoms with van der Waals surface area (Å²) in [6.07, 6.45) is 5.79. The molecule has 1 fully saturated rings. The molecule has 1 aromatic heterocycles. The largest absolute Gasteiger partial charge is 0.378 e. The molecule has 1 aromatic rings. The molecule has 0 aromatic carbocycles. The predicted molar refractivity (Wildman–Crippen MR) is 79.1 cm³/mol. The third-order valence-corrected chi connectivity index (χ3v) is 3.59. The number of amides is 1. The fraction of sp³-hybridized carbons (Fsp3) is 0.667. The van der Waals surface area contributed by atoms with E-state index in [0.29, 0.717) is 12.6 Å². The summed E-state index contributed by atoms with van der Waals surface area (Å²) in [6, 6.07) is 3.07. The fourth-order valence-electron chi connectivity index (χ4n) is 2.45. The molecule has 0 radical (unpaired) electrons. The van der Waals surface area contributed by atoms with Gasteiger partial charge in [-0.2, -0.15) is 5.10 Å². The van der Waals surface area contributed by atoms with Gasteiger partial charge in [0, 0.05) is 19.2 Å². The zero-order valence-electron chi connectivity index (χ0n) is 12.5. The first kappa shape index (κ1) is 15.7. The summed E-state index contributed by atoms with van der Waals surface area (Å²) in [7, 11) is 0. The molecule has 1 N–H and O–H groups in total. The Balaban J connectivity index is 1.63. The van der Waals surface area contributed by atoms with Crippen LogP contribution in [-0.2, 0) is 16.1 Å². The topological polar surface area (TPSA) is 73.2 Å². The second-order valence-corrected chi connectivity index (χ2v) is 5.45. The number of nitrogens with one attached hydrogen (secondary N) is 1. The molecule has 6 heteroatoms. The Labute approximate surface area is 124 Å². The average molecular weight is 293 g/mol. The quantitative estimate of drug-likeness (QED) is 0.762. The van der Waals surface area contributed by atoms with Crippen LogP contribution in [0.5, 0.6) is 0 Å². The van der Waals surface area contributed by atoms with E-state index in [2.05, 4.69) is 10.4 Å². The van der Waals surface area contributed by atoms with Gasteiger partial charge in [0.1, 0.15) is 6.54 Å². The number of unbranched alkanes of at least 4 members (excludes halogenated alkanes) is 1. The number of carbonyl (C=O) groups excluding carboxylic acids is 1. The molecule has 0 aliphatic carbocycles. The molecule has 1 saturated heterocycles. The summed E-state index contributed by atoms with van der Waals surface area (Å²) in [5, 5.41) is 6.86. The highest BCUT2D eigenvalue weighted by molar-refractivity contribution is 5.75. The van der Waals surface area contributed by atoms with Gasteiger partial charge in [0.25, 0.3) is 5.56 Å². The van der Waals surface area contributed by atoms with Gasteiger partial charge in [-0.05, 0) is 45.1 Å². The lowest BCUT2D eigenvalue weighted by Crippen LogP contribution is -2.34. The van der Waals surface area contributed by atoms with Crippen molar-refractivity contribution < 1.29 is 9.53 Å². The monoisotopic (exact) mass is 293 g/mol. The highest BCUT2D eigenvalue weighted by Crippen LogP contribution is 2.17. The summed E-state index contributed by atoms with van der Waals surface area (Å²) in [5.74, 6) is -0.174. The predicted octanol–water partition coefficient (Wildman–Crippen LogP) is 1.02. The first-order chi connectivity index (χ1) is 10.1. The first-order valence-electron chi connectivity index (χ1n) is 7.58. The Morgan fingerprint density at radius 2 is 2.33 bits per heavy atom. The van der Waals surface area contributed by atoms with Crippen molar-refractivity contribution in [3.8, 4) is 0 Å².